The first-order valence-corrected chi connectivity index (χ1v) is 9.01. The van der Waals surface area contributed by atoms with Crippen molar-refractivity contribution in [3.8, 4) is 0 Å². The van der Waals surface area contributed by atoms with E-state index < -0.39 is 5.97 Å². The number of carbonyl (C=O) groups is 1. The van der Waals surface area contributed by atoms with Gasteiger partial charge in [0.2, 0.25) is 0 Å². The van der Waals surface area contributed by atoms with Gasteiger partial charge in [-0.25, -0.2) is 0 Å². The van der Waals surface area contributed by atoms with E-state index >= 15 is 0 Å². The minimum absolute atomic E-state index is 0.253. The number of carboxylic acids is 1. The molecular weight excluding hydrogens is 288 g/mol. The Hall–Kier alpha value is -1.35. The van der Waals surface area contributed by atoms with Gasteiger partial charge in [0.15, 0.2) is 0 Å². The van der Waals surface area contributed by atoms with E-state index in [9.17, 15) is 9.90 Å². The van der Waals surface area contributed by atoms with E-state index in [-0.39, 0.29) is 12.5 Å². The van der Waals surface area contributed by atoms with Crippen molar-refractivity contribution < 1.29 is 15.0 Å². The summed E-state index contributed by atoms with van der Waals surface area (Å²) in [6, 6.07) is 0. The van der Waals surface area contributed by atoms with Gasteiger partial charge in [0.1, 0.15) is 0 Å². The lowest BCUT2D eigenvalue weighted by Gasteiger charge is -2.14. The topological polar surface area (TPSA) is 57.5 Å². The molecule has 0 spiro atoms. The van der Waals surface area contributed by atoms with Crippen LogP contribution < -0.4 is 0 Å². The minimum atomic E-state index is -0.716. The maximum absolute atomic E-state index is 10.4. The van der Waals surface area contributed by atoms with E-state index in [0.29, 0.717) is 18.3 Å². The second kappa shape index (κ2) is 12.1. The third kappa shape index (κ3) is 9.39. The fourth-order valence-corrected chi connectivity index (χ4v) is 3.12. The Bertz CT molecular complexity index is 409. The van der Waals surface area contributed by atoms with Crippen LogP contribution in [0.15, 0.2) is 36.5 Å². The summed E-state index contributed by atoms with van der Waals surface area (Å²) in [6.07, 6.45) is 20.6. The van der Waals surface area contributed by atoms with Gasteiger partial charge in [-0.2, -0.15) is 0 Å². The minimum Gasteiger partial charge on any atom is -0.481 e. The van der Waals surface area contributed by atoms with Gasteiger partial charge in [0.25, 0.3) is 0 Å². The van der Waals surface area contributed by atoms with Crippen molar-refractivity contribution in [1.29, 1.82) is 0 Å². The number of allylic oxidation sites excluding steroid dienone is 4. The van der Waals surface area contributed by atoms with Crippen molar-refractivity contribution in [1.82, 2.24) is 0 Å². The van der Waals surface area contributed by atoms with Crippen LogP contribution in [0.4, 0.5) is 0 Å². The van der Waals surface area contributed by atoms with Crippen LogP contribution in [0, 0.1) is 11.8 Å². The fourth-order valence-electron chi connectivity index (χ4n) is 3.12. The molecule has 130 valence electrons. The summed E-state index contributed by atoms with van der Waals surface area (Å²) >= 11 is 0. The Kier molecular flexibility index (Phi) is 10.4. The molecule has 1 fully saturated rings. The lowest BCUT2D eigenvalue weighted by Crippen LogP contribution is -2.06. The van der Waals surface area contributed by atoms with Crippen LogP contribution in [-0.2, 0) is 4.79 Å². The number of hydrogen-bond acceptors (Lipinski definition) is 2. The summed E-state index contributed by atoms with van der Waals surface area (Å²) in [5.74, 6) is 0.524. The predicted molar refractivity (Wildman–Crippen MR) is 95.3 cm³/mol. The van der Waals surface area contributed by atoms with Crippen LogP contribution in [0.1, 0.15) is 64.7 Å². The molecule has 3 nitrogen and oxygen atoms in total. The largest absolute Gasteiger partial charge is 0.481 e. The Morgan fingerprint density at radius 3 is 2.78 bits per heavy atom. The third-order valence-electron chi connectivity index (χ3n) is 4.45. The maximum Gasteiger partial charge on any atom is 0.303 e. The smallest absolute Gasteiger partial charge is 0.303 e. The lowest BCUT2D eigenvalue weighted by atomic mass is 9.91. The molecule has 23 heavy (non-hydrogen) atoms. The van der Waals surface area contributed by atoms with Crippen molar-refractivity contribution in [2.45, 2.75) is 70.8 Å². The Labute approximate surface area is 140 Å². The molecule has 1 rings (SSSR count). The molecule has 0 radical (unpaired) electrons. The molecule has 3 atom stereocenters. The van der Waals surface area contributed by atoms with Crippen molar-refractivity contribution in [2.24, 2.45) is 11.8 Å². The van der Waals surface area contributed by atoms with Gasteiger partial charge in [0.05, 0.1) is 6.10 Å². The first kappa shape index (κ1) is 19.7. The van der Waals surface area contributed by atoms with Gasteiger partial charge in [-0.15, -0.1) is 0 Å². The maximum atomic E-state index is 10.4. The Morgan fingerprint density at radius 1 is 1.22 bits per heavy atom. The highest BCUT2D eigenvalue weighted by atomic mass is 16.4. The second-order valence-corrected chi connectivity index (χ2v) is 6.42. The third-order valence-corrected chi connectivity index (χ3v) is 4.45. The normalized spacial score (nSPS) is 23.4. The summed E-state index contributed by atoms with van der Waals surface area (Å²) in [7, 11) is 0. The fraction of sp³-hybridized carbons (Fsp3) is 0.650. The number of aliphatic hydroxyl groups excluding tert-OH is 1. The van der Waals surface area contributed by atoms with Crippen LogP contribution in [-0.4, -0.2) is 22.3 Å². The summed E-state index contributed by atoms with van der Waals surface area (Å²) in [4.78, 5) is 10.4. The molecule has 1 aliphatic carbocycles. The summed E-state index contributed by atoms with van der Waals surface area (Å²) < 4.78 is 0. The molecule has 0 amide bonds. The molecule has 0 aromatic carbocycles. The highest BCUT2D eigenvalue weighted by Crippen LogP contribution is 2.35. The van der Waals surface area contributed by atoms with Gasteiger partial charge in [-0.1, -0.05) is 49.8 Å². The Balaban J connectivity index is 2.28. The molecular formula is C20H32O3. The molecule has 1 unspecified atom stereocenters. The highest BCUT2D eigenvalue weighted by Gasteiger charge is 2.23. The van der Waals surface area contributed by atoms with E-state index in [1.54, 1.807) is 0 Å². The van der Waals surface area contributed by atoms with Crippen LogP contribution in [0.3, 0.4) is 0 Å². The molecule has 0 aliphatic heterocycles. The quantitative estimate of drug-likeness (QED) is 0.421. The van der Waals surface area contributed by atoms with E-state index in [2.05, 4.69) is 31.2 Å². The number of unbranched alkanes of at least 4 members (excludes halogenated alkanes) is 1. The summed E-state index contributed by atoms with van der Waals surface area (Å²) in [5, 5.41) is 18.5. The first-order chi connectivity index (χ1) is 11.1. The molecule has 0 saturated heterocycles. The molecule has 1 aliphatic rings. The molecule has 0 heterocycles. The van der Waals surface area contributed by atoms with Crippen molar-refractivity contribution in [3.63, 3.8) is 0 Å². The second-order valence-electron chi connectivity index (χ2n) is 6.42. The molecule has 1 saturated carbocycles. The van der Waals surface area contributed by atoms with Crippen molar-refractivity contribution >= 4 is 5.97 Å². The van der Waals surface area contributed by atoms with Crippen molar-refractivity contribution in [3.05, 3.63) is 36.5 Å². The number of hydrogen-bond donors (Lipinski definition) is 2. The molecule has 0 aromatic rings. The van der Waals surface area contributed by atoms with E-state index in [1.165, 1.54) is 19.3 Å². The number of aliphatic hydroxyl groups is 1. The van der Waals surface area contributed by atoms with Gasteiger partial charge in [-0.05, 0) is 56.8 Å². The summed E-state index contributed by atoms with van der Waals surface area (Å²) in [6.45, 7) is 2.09. The number of carboxylic acid groups (broad SMARTS) is 1. The SMILES string of the molecule is CC/C=C\C[C@H](O)/C=C/[C@H]1CCCC1C/C=C\CCCC(=O)O. The average Bonchev–Trinajstić information content (AvgIpc) is 2.96. The standard InChI is InChI=1S/C20H32O3/c1-2-3-6-13-19(21)16-15-18-12-9-11-17(18)10-7-4-5-8-14-20(22)23/h3-4,6-7,15-19,21H,2,5,8-14H2,1H3,(H,22,23)/b6-3-,7-4-,16-15+/t17?,18-,19+/m1/s1. The van der Waals surface area contributed by atoms with E-state index in [1.807, 2.05) is 12.2 Å². The number of rotatable bonds is 11. The average molecular weight is 320 g/mol. The molecule has 3 heteroatoms. The predicted octanol–water partition coefficient (Wildman–Crippen LogP) is 4.88. The van der Waals surface area contributed by atoms with Crippen molar-refractivity contribution in [2.75, 3.05) is 0 Å². The van der Waals surface area contributed by atoms with Gasteiger partial charge >= 0.3 is 5.97 Å². The first-order valence-electron chi connectivity index (χ1n) is 9.01. The van der Waals surface area contributed by atoms with Gasteiger partial charge < -0.3 is 10.2 Å². The zero-order valence-corrected chi connectivity index (χ0v) is 14.4. The molecule has 0 aromatic heterocycles. The van der Waals surface area contributed by atoms with E-state index in [0.717, 1.165) is 25.7 Å². The van der Waals surface area contributed by atoms with Crippen LogP contribution in [0.2, 0.25) is 0 Å². The highest BCUT2D eigenvalue weighted by molar-refractivity contribution is 5.66. The van der Waals surface area contributed by atoms with Gasteiger partial charge in [0, 0.05) is 6.42 Å². The van der Waals surface area contributed by atoms with Gasteiger partial charge in [-0.3, -0.25) is 4.79 Å². The summed E-state index contributed by atoms with van der Waals surface area (Å²) in [5.41, 5.74) is 0. The van der Waals surface area contributed by atoms with Crippen LogP contribution in [0.5, 0.6) is 0 Å². The van der Waals surface area contributed by atoms with Crippen LogP contribution >= 0.6 is 0 Å². The monoisotopic (exact) mass is 320 g/mol. The molecule has 0 bridgehead atoms. The lowest BCUT2D eigenvalue weighted by molar-refractivity contribution is -0.137. The van der Waals surface area contributed by atoms with Crippen LogP contribution in [0.25, 0.3) is 0 Å². The molecule has 2 N–H and O–H groups in total. The van der Waals surface area contributed by atoms with E-state index in [4.69, 9.17) is 5.11 Å². The number of aliphatic carboxylic acids is 1. The zero-order valence-electron chi connectivity index (χ0n) is 14.4. The zero-order chi connectivity index (χ0) is 16.9. The Morgan fingerprint density at radius 2 is 2.04 bits per heavy atom.